The smallest absolute Gasteiger partial charge is 0.0995 e. The van der Waals surface area contributed by atoms with E-state index in [1.807, 2.05) is 25.2 Å². The van der Waals surface area contributed by atoms with Crippen LogP contribution < -0.4 is 5.32 Å². The molecule has 0 spiro atoms. The van der Waals surface area contributed by atoms with Crippen molar-refractivity contribution in [3.05, 3.63) is 35.4 Å². The number of hydrogen-bond donors (Lipinski definition) is 1. The number of benzene rings is 1. The number of hydrogen-bond acceptors (Lipinski definition) is 3. The molecule has 0 unspecified atom stereocenters. The number of nitrogens with one attached hydrogen (secondary N) is 1. The van der Waals surface area contributed by atoms with Crippen LogP contribution in [0.2, 0.25) is 0 Å². The van der Waals surface area contributed by atoms with Gasteiger partial charge in [0.25, 0.3) is 0 Å². The second-order valence-electron chi connectivity index (χ2n) is 5.38. The predicted molar refractivity (Wildman–Crippen MR) is 77.7 cm³/mol. The molecule has 2 rings (SSSR count). The van der Waals surface area contributed by atoms with Crippen molar-refractivity contribution in [1.82, 2.24) is 10.2 Å². The monoisotopic (exact) mass is 257 g/mol. The summed E-state index contributed by atoms with van der Waals surface area (Å²) in [6.45, 7) is 4.37. The largest absolute Gasteiger partial charge is 0.320 e. The minimum Gasteiger partial charge on any atom is -0.320 e. The van der Waals surface area contributed by atoms with Gasteiger partial charge >= 0.3 is 0 Å². The molecule has 1 aromatic carbocycles. The maximum Gasteiger partial charge on any atom is 0.0995 e. The lowest BCUT2D eigenvalue weighted by molar-refractivity contribution is 0.172. The quantitative estimate of drug-likeness (QED) is 0.880. The molecule has 1 N–H and O–H groups in total. The standard InChI is InChI=1S/C16H23N3/c1-18-9-6-14-7-10-19(11-8-14)13-16-5-3-2-4-15(16)12-17/h2-5,14,18H,6-11,13H2,1H3. The maximum atomic E-state index is 9.11. The molecule has 0 bridgehead atoms. The summed E-state index contributed by atoms with van der Waals surface area (Å²) < 4.78 is 0. The van der Waals surface area contributed by atoms with Crippen LogP contribution in [-0.2, 0) is 6.54 Å². The Labute approximate surface area is 116 Å². The van der Waals surface area contributed by atoms with Gasteiger partial charge in [-0.15, -0.1) is 0 Å². The van der Waals surface area contributed by atoms with Crippen molar-refractivity contribution < 1.29 is 0 Å². The molecular weight excluding hydrogens is 234 g/mol. The van der Waals surface area contributed by atoms with Crippen molar-refractivity contribution in [2.75, 3.05) is 26.7 Å². The normalized spacial score (nSPS) is 17.3. The molecule has 1 aliphatic rings. The van der Waals surface area contributed by atoms with Crippen molar-refractivity contribution in [3.63, 3.8) is 0 Å². The zero-order chi connectivity index (χ0) is 13.5. The molecule has 0 aromatic heterocycles. The van der Waals surface area contributed by atoms with Crippen molar-refractivity contribution in [2.45, 2.75) is 25.8 Å². The van der Waals surface area contributed by atoms with Gasteiger partial charge in [-0.2, -0.15) is 5.26 Å². The molecule has 0 radical (unpaired) electrons. The van der Waals surface area contributed by atoms with Crippen molar-refractivity contribution >= 4 is 0 Å². The van der Waals surface area contributed by atoms with Crippen LogP contribution in [0.1, 0.15) is 30.4 Å². The first-order valence-corrected chi connectivity index (χ1v) is 7.18. The van der Waals surface area contributed by atoms with Crippen LogP contribution in [0.4, 0.5) is 0 Å². The highest BCUT2D eigenvalue weighted by molar-refractivity contribution is 5.37. The van der Waals surface area contributed by atoms with Gasteiger partial charge in [-0.25, -0.2) is 0 Å². The highest BCUT2D eigenvalue weighted by Gasteiger charge is 2.19. The highest BCUT2D eigenvalue weighted by atomic mass is 15.1. The lowest BCUT2D eigenvalue weighted by atomic mass is 9.93. The van der Waals surface area contributed by atoms with Gasteiger partial charge < -0.3 is 5.32 Å². The van der Waals surface area contributed by atoms with Gasteiger partial charge in [0, 0.05) is 6.54 Å². The topological polar surface area (TPSA) is 39.1 Å². The molecule has 0 amide bonds. The number of piperidine rings is 1. The Bertz CT molecular complexity index is 428. The summed E-state index contributed by atoms with van der Waals surface area (Å²) in [5.41, 5.74) is 1.98. The molecule has 19 heavy (non-hydrogen) atoms. The molecule has 1 heterocycles. The van der Waals surface area contributed by atoms with E-state index in [2.05, 4.69) is 22.4 Å². The van der Waals surface area contributed by atoms with E-state index in [0.29, 0.717) is 0 Å². The van der Waals surface area contributed by atoms with E-state index in [0.717, 1.165) is 37.7 Å². The average molecular weight is 257 g/mol. The van der Waals surface area contributed by atoms with Crippen LogP contribution in [0.25, 0.3) is 0 Å². The van der Waals surface area contributed by atoms with E-state index in [4.69, 9.17) is 5.26 Å². The van der Waals surface area contributed by atoms with Gasteiger partial charge in [-0.1, -0.05) is 18.2 Å². The van der Waals surface area contributed by atoms with Gasteiger partial charge in [-0.05, 0) is 63.5 Å². The zero-order valence-electron chi connectivity index (χ0n) is 11.7. The second-order valence-corrected chi connectivity index (χ2v) is 5.38. The minimum absolute atomic E-state index is 0.819. The third-order valence-electron chi connectivity index (χ3n) is 4.04. The molecule has 0 aliphatic carbocycles. The van der Waals surface area contributed by atoms with Gasteiger partial charge in [0.2, 0.25) is 0 Å². The summed E-state index contributed by atoms with van der Waals surface area (Å²) in [5.74, 6) is 0.870. The summed E-state index contributed by atoms with van der Waals surface area (Å²) in [7, 11) is 2.02. The van der Waals surface area contributed by atoms with Crippen LogP contribution >= 0.6 is 0 Å². The molecule has 1 saturated heterocycles. The summed E-state index contributed by atoms with van der Waals surface area (Å²) in [5, 5.41) is 12.3. The number of rotatable bonds is 5. The lowest BCUT2D eigenvalue weighted by Crippen LogP contribution is -2.34. The zero-order valence-corrected chi connectivity index (χ0v) is 11.7. The Balaban J connectivity index is 1.84. The van der Waals surface area contributed by atoms with Crippen LogP contribution in [-0.4, -0.2) is 31.6 Å². The third-order valence-corrected chi connectivity index (χ3v) is 4.04. The second kappa shape index (κ2) is 7.28. The first-order valence-electron chi connectivity index (χ1n) is 7.18. The molecule has 3 nitrogen and oxygen atoms in total. The third kappa shape index (κ3) is 4.05. The minimum atomic E-state index is 0.819. The summed E-state index contributed by atoms with van der Waals surface area (Å²) in [6, 6.07) is 10.2. The molecule has 0 saturated carbocycles. The maximum absolute atomic E-state index is 9.11. The molecule has 102 valence electrons. The SMILES string of the molecule is CNCCC1CCN(Cc2ccccc2C#N)CC1. The summed E-state index contributed by atoms with van der Waals surface area (Å²) >= 11 is 0. The summed E-state index contributed by atoms with van der Waals surface area (Å²) in [6.07, 6.45) is 3.87. The Hall–Kier alpha value is -1.37. The molecule has 1 fully saturated rings. The van der Waals surface area contributed by atoms with E-state index in [9.17, 15) is 0 Å². The Morgan fingerprint density at radius 1 is 1.32 bits per heavy atom. The van der Waals surface area contributed by atoms with E-state index >= 15 is 0 Å². The van der Waals surface area contributed by atoms with Crippen LogP contribution in [0.15, 0.2) is 24.3 Å². The molecule has 3 heteroatoms. The Morgan fingerprint density at radius 3 is 2.74 bits per heavy atom. The van der Waals surface area contributed by atoms with Crippen molar-refractivity contribution in [3.8, 4) is 6.07 Å². The Kier molecular flexibility index (Phi) is 5.38. The van der Waals surface area contributed by atoms with Crippen molar-refractivity contribution in [2.24, 2.45) is 5.92 Å². The molecule has 1 aliphatic heterocycles. The van der Waals surface area contributed by atoms with E-state index in [-0.39, 0.29) is 0 Å². The Morgan fingerprint density at radius 2 is 2.05 bits per heavy atom. The van der Waals surface area contributed by atoms with Gasteiger partial charge in [0.05, 0.1) is 11.6 Å². The van der Waals surface area contributed by atoms with Crippen LogP contribution in [0, 0.1) is 17.2 Å². The average Bonchev–Trinajstić information content (AvgIpc) is 2.47. The molecular formula is C16H23N3. The van der Waals surface area contributed by atoms with Crippen molar-refractivity contribution in [1.29, 1.82) is 5.26 Å². The van der Waals surface area contributed by atoms with Gasteiger partial charge in [-0.3, -0.25) is 4.90 Å². The fraction of sp³-hybridized carbons (Fsp3) is 0.562. The predicted octanol–water partition coefficient (Wildman–Crippen LogP) is 2.38. The van der Waals surface area contributed by atoms with E-state index in [1.165, 1.54) is 24.8 Å². The highest BCUT2D eigenvalue weighted by Crippen LogP contribution is 2.22. The lowest BCUT2D eigenvalue weighted by Gasteiger charge is -2.32. The first kappa shape index (κ1) is 14.0. The number of nitriles is 1. The van der Waals surface area contributed by atoms with Crippen LogP contribution in [0.3, 0.4) is 0 Å². The van der Waals surface area contributed by atoms with Crippen LogP contribution in [0.5, 0.6) is 0 Å². The van der Waals surface area contributed by atoms with Gasteiger partial charge in [0.15, 0.2) is 0 Å². The van der Waals surface area contributed by atoms with E-state index in [1.54, 1.807) is 0 Å². The summed E-state index contributed by atoms with van der Waals surface area (Å²) in [4.78, 5) is 2.48. The first-order chi connectivity index (χ1) is 9.33. The van der Waals surface area contributed by atoms with E-state index < -0.39 is 0 Å². The fourth-order valence-electron chi connectivity index (χ4n) is 2.79. The number of likely N-dealkylation sites (tertiary alicyclic amines) is 1. The molecule has 0 atom stereocenters. The fourth-order valence-corrected chi connectivity index (χ4v) is 2.79. The number of nitrogens with zero attached hydrogens (tertiary/aromatic N) is 2. The van der Waals surface area contributed by atoms with Gasteiger partial charge in [0.1, 0.15) is 0 Å². The molecule has 1 aromatic rings.